The third-order valence-electron chi connectivity index (χ3n) is 6.88. The summed E-state index contributed by atoms with van der Waals surface area (Å²) in [7, 11) is -2.57. The Morgan fingerprint density at radius 2 is 1.80 bits per heavy atom. The van der Waals surface area contributed by atoms with Gasteiger partial charge < -0.3 is 25.0 Å². The number of hydrogen-bond acceptors (Lipinski definition) is 6. The Morgan fingerprint density at radius 3 is 2.46 bits per heavy atom. The van der Waals surface area contributed by atoms with Gasteiger partial charge in [0, 0.05) is 25.2 Å². The molecule has 218 valence electrons. The second kappa shape index (κ2) is 12.6. The highest BCUT2D eigenvalue weighted by molar-refractivity contribution is 7.92. The van der Waals surface area contributed by atoms with Gasteiger partial charge in [0.25, 0.3) is 15.9 Å². The summed E-state index contributed by atoms with van der Waals surface area (Å²) in [6.07, 6.45) is -0.668. The Kier molecular flexibility index (Phi) is 9.14. The highest BCUT2D eigenvalue weighted by atomic mass is 32.2. The molecule has 0 saturated heterocycles. The van der Waals surface area contributed by atoms with E-state index < -0.39 is 33.9 Å². The predicted octanol–water partition coefficient (Wildman–Crippen LogP) is 4.01. The summed E-state index contributed by atoms with van der Waals surface area (Å²) >= 11 is 0. The van der Waals surface area contributed by atoms with Crippen molar-refractivity contribution in [2.24, 2.45) is 5.92 Å². The molecule has 0 fully saturated rings. The minimum Gasteiger partial charge on any atom is -0.485 e. The van der Waals surface area contributed by atoms with Crippen LogP contribution in [-0.2, 0) is 10.0 Å². The third-order valence-corrected chi connectivity index (χ3v) is 8.27. The number of urea groups is 1. The van der Waals surface area contributed by atoms with Gasteiger partial charge in [-0.05, 0) is 55.5 Å². The molecule has 12 heteroatoms. The van der Waals surface area contributed by atoms with E-state index in [0.717, 1.165) is 24.3 Å². The fraction of sp³-hybridized carbons (Fsp3) is 0.310. The highest BCUT2D eigenvalue weighted by Gasteiger charge is 2.35. The normalized spacial score (nSPS) is 17.9. The van der Waals surface area contributed by atoms with Crippen LogP contribution < -0.4 is 14.8 Å². The van der Waals surface area contributed by atoms with Crippen LogP contribution in [0.25, 0.3) is 0 Å². The lowest BCUT2D eigenvalue weighted by atomic mass is 9.99. The van der Waals surface area contributed by atoms with E-state index in [1.807, 2.05) is 13.0 Å². The minimum absolute atomic E-state index is 0.00673. The summed E-state index contributed by atoms with van der Waals surface area (Å²) in [5, 5.41) is 12.7. The van der Waals surface area contributed by atoms with Crippen LogP contribution in [0.15, 0.2) is 77.7 Å². The number of aliphatic hydroxyl groups excluding tert-OH is 1. The summed E-state index contributed by atoms with van der Waals surface area (Å²) in [6, 6.07) is 16.9. The molecule has 1 heterocycles. The Balaban J connectivity index is 1.69. The molecule has 0 aliphatic carbocycles. The van der Waals surface area contributed by atoms with Gasteiger partial charge in [-0.3, -0.25) is 9.52 Å². The lowest BCUT2D eigenvalue weighted by Gasteiger charge is -2.38. The molecule has 0 spiro atoms. The summed E-state index contributed by atoms with van der Waals surface area (Å²) in [5.41, 5.74) is 0.720. The lowest BCUT2D eigenvalue weighted by molar-refractivity contribution is 0.0373. The summed E-state index contributed by atoms with van der Waals surface area (Å²) in [5.74, 6) is -1.36. The van der Waals surface area contributed by atoms with Gasteiger partial charge in [-0.2, -0.15) is 0 Å². The molecule has 0 saturated carbocycles. The Bertz CT molecular complexity index is 1490. The zero-order chi connectivity index (χ0) is 29.7. The second-order valence-corrected chi connectivity index (χ2v) is 11.7. The van der Waals surface area contributed by atoms with Gasteiger partial charge in [-0.15, -0.1) is 0 Å². The van der Waals surface area contributed by atoms with Crippen LogP contribution in [-0.4, -0.2) is 74.2 Å². The molecule has 3 aromatic carbocycles. The maximum atomic E-state index is 13.6. The largest absolute Gasteiger partial charge is 0.485 e. The minimum atomic E-state index is -4.17. The van der Waals surface area contributed by atoms with Crippen molar-refractivity contribution >= 4 is 33.3 Å². The average Bonchev–Trinajstić information content (AvgIpc) is 2.95. The van der Waals surface area contributed by atoms with Crippen molar-refractivity contribution in [1.29, 1.82) is 0 Å². The SMILES string of the molecule is C[C@@H]1CN([C@H](C)CO)C(=O)c2cccc(NS(=O)(=O)c3ccc(F)cc3)c2O[C@@H]1CN(C)C(=O)Nc1ccccc1. The Hall–Kier alpha value is -4.16. The quantitative estimate of drug-likeness (QED) is 0.367. The number of fused-ring (bicyclic) bond motifs is 1. The van der Waals surface area contributed by atoms with Crippen LogP contribution in [0, 0.1) is 11.7 Å². The fourth-order valence-electron chi connectivity index (χ4n) is 4.45. The van der Waals surface area contributed by atoms with Gasteiger partial charge >= 0.3 is 6.03 Å². The van der Waals surface area contributed by atoms with Crippen LogP contribution in [0.2, 0.25) is 0 Å². The molecule has 41 heavy (non-hydrogen) atoms. The second-order valence-electron chi connectivity index (χ2n) is 10.0. The predicted molar refractivity (Wildman–Crippen MR) is 153 cm³/mol. The molecule has 3 amide bonds. The van der Waals surface area contributed by atoms with Gasteiger partial charge in [0.15, 0.2) is 5.75 Å². The number of nitrogens with zero attached hydrogens (tertiary/aromatic N) is 2. The zero-order valence-corrected chi connectivity index (χ0v) is 23.8. The molecule has 0 unspecified atom stereocenters. The summed E-state index contributed by atoms with van der Waals surface area (Å²) in [6.45, 7) is 3.62. The van der Waals surface area contributed by atoms with Crippen molar-refractivity contribution in [3.63, 3.8) is 0 Å². The number of carbonyl (C=O) groups excluding carboxylic acids is 2. The number of benzene rings is 3. The van der Waals surface area contributed by atoms with Gasteiger partial charge in [0.1, 0.15) is 11.9 Å². The average molecular weight is 585 g/mol. The molecular weight excluding hydrogens is 551 g/mol. The number of ether oxygens (including phenoxy) is 1. The van der Waals surface area contributed by atoms with Crippen LogP contribution in [0.3, 0.4) is 0 Å². The zero-order valence-electron chi connectivity index (χ0n) is 23.0. The molecule has 0 bridgehead atoms. The van der Waals surface area contributed by atoms with E-state index in [1.165, 1.54) is 28.0 Å². The van der Waals surface area contributed by atoms with E-state index in [-0.39, 0.29) is 53.5 Å². The number of halogens is 1. The van der Waals surface area contributed by atoms with E-state index in [1.54, 1.807) is 38.2 Å². The molecule has 4 rings (SSSR count). The summed E-state index contributed by atoms with van der Waals surface area (Å²) in [4.78, 5) is 29.4. The van der Waals surface area contributed by atoms with Crippen molar-refractivity contribution in [3.8, 4) is 5.75 Å². The number of nitrogens with one attached hydrogen (secondary N) is 2. The van der Waals surface area contributed by atoms with E-state index in [2.05, 4.69) is 10.0 Å². The number of rotatable bonds is 8. The van der Waals surface area contributed by atoms with Crippen LogP contribution in [0.5, 0.6) is 5.75 Å². The van der Waals surface area contributed by atoms with Gasteiger partial charge in [-0.25, -0.2) is 17.6 Å². The van der Waals surface area contributed by atoms with E-state index in [0.29, 0.717) is 5.69 Å². The van der Waals surface area contributed by atoms with Crippen molar-refractivity contribution in [3.05, 3.63) is 84.2 Å². The number of hydrogen-bond donors (Lipinski definition) is 3. The third kappa shape index (κ3) is 6.95. The first-order valence-corrected chi connectivity index (χ1v) is 14.6. The van der Waals surface area contributed by atoms with Gasteiger partial charge in [-0.1, -0.05) is 31.2 Å². The van der Waals surface area contributed by atoms with Crippen molar-refractivity contribution in [2.75, 3.05) is 36.8 Å². The molecule has 3 aromatic rings. The molecule has 10 nitrogen and oxygen atoms in total. The number of sulfonamides is 1. The molecule has 0 aromatic heterocycles. The smallest absolute Gasteiger partial charge is 0.321 e. The first kappa shape index (κ1) is 29.8. The number of amides is 3. The molecule has 1 aliphatic rings. The number of anilines is 2. The summed E-state index contributed by atoms with van der Waals surface area (Å²) < 4.78 is 48.6. The van der Waals surface area contributed by atoms with E-state index >= 15 is 0 Å². The topological polar surface area (TPSA) is 128 Å². The number of para-hydroxylation sites is 2. The standard InChI is InChI=1S/C29H33FN4O6S/c1-19-16-34(20(2)18-35)28(36)24-10-7-11-25(32-41(38,39)23-14-12-21(30)13-15-23)27(24)40-26(19)17-33(3)29(37)31-22-8-5-4-6-9-22/h4-15,19-20,26,32,35H,16-18H2,1-3H3,(H,31,37)/t19-,20-,26-/m1/s1. The van der Waals surface area contributed by atoms with Gasteiger partial charge in [0.05, 0.1) is 35.3 Å². The lowest BCUT2D eigenvalue weighted by Crippen LogP contribution is -2.50. The van der Waals surface area contributed by atoms with Crippen molar-refractivity contribution < 1.29 is 32.2 Å². The number of likely N-dealkylation sites (N-methyl/N-ethyl adjacent to an activating group) is 1. The molecule has 0 radical (unpaired) electrons. The van der Waals surface area contributed by atoms with Crippen molar-refractivity contribution in [1.82, 2.24) is 9.80 Å². The molecule has 3 N–H and O–H groups in total. The fourth-order valence-corrected chi connectivity index (χ4v) is 5.51. The van der Waals surface area contributed by atoms with Crippen LogP contribution in [0.1, 0.15) is 24.2 Å². The van der Waals surface area contributed by atoms with Crippen LogP contribution >= 0.6 is 0 Å². The molecule has 1 aliphatic heterocycles. The van der Waals surface area contributed by atoms with E-state index in [4.69, 9.17) is 4.74 Å². The van der Waals surface area contributed by atoms with Crippen molar-refractivity contribution in [2.45, 2.75) is 30.9 Å². The van der Waals surface area contributed by atoms with E-state index in [9.17, 15) is 27.5 Å². The highest BCUT2D eigenvalue weighted by Crippen LogP contribution is 2.36. The van der Waals surface area contributed by atoms with Crippen LogP contribution in [0.4, 0.5) is 20.6 Å². The molecule has 3 atom stereocenters. The number of aliphatic hydroxyl groups is 1. The maximum Gasteiger partial charge on any atom is 0.321 e. The first-order chi connectivity index (χ1) is 19.5. The Labute approximate surface area is 238 Å². The Morgan fingerprint density at radius 1 is 1.12 bits per heavy atom. The van der Waals surface area contributed by atoms with Gasteiger partial charge in [0.2, 0.25) is 0 Å². The maximum absolute atomic E-state index is 13.6. The monoisotopic (exact) mass is 584 g/mol. The first-order valence-electron chi connectivity index (χ1n) is 13.1. The number of carbonyl (C=O) groups is 2. The molecular formula is C29H33FN4O6S.